The van der Waals surface area contributed by atoms with Gasteiger partial charge in [-0.05, 0) is 49.1 Å². The highest BCUT2D eigenvalue weighted by molar-refractivity contribution is 7.10. The second kappa shape index (κ2) is 8.21. The number of aliphatic hydroxyl groups is 1. The van der Waals surface area contributed by atoms with Crippen molar-refractivity contribution in [3.63, 3.8) is 0 Å². The number of halogens is 1. The molecule has 0 radical (unpaired) electrons. The number of hydrogen-bond donors (Lipinski definition) is 1. The molecule has 2 aromatic carbocycles. The largest absolute Gasteiger partial charge is 0.507 e. The van der Waals surface area contributed by atoms with Crippen LogP contribution in [-0.4, -0.2) is 23.9 Å². The fourth-order valence-electron chi connectivity index (χ4n) is 3.68. The van der Waals surface area contributed by atoms with Crippen LogP contribution in [0.1, 0.15) is 27.6 Å². The van der Waals surface area contributed by atoms with Crippen LogP contribution in [0.4, 0.5) is 5.69 Å². The van der Waals surface area contributed by atoms with E-state index >= 15 is 0 Å². The summed E-state index contributed by atoms with van der Waals surface area (Å²) in [6.07, 6.45) is 0. The van der Waals surface area contributed by atoms with Gasteiger partial charge in [0.2, 0.25) is 0 Å². The molecule has 3 aromatic rings. The number of hydrogen-bond acceptors (Lipinski definition) is 5. The number of ketones is 1. The van der Waals surface area contributed by atoms with Gasteiger partial charge in [-0.2, -0.15) is 0 Å². The molecule has 158 valence electrons. The van der Waals surface area contributed by atoms with Crippen LogP contribution < -0.4 is 9.64 Å². The zero-order valence-electron chi connectivity index (χ0n) is 17.2. The summed E-state index contributed by atoms with van der Waals surface area (Å²) in [5, 5.41) is 13.3. The van der Waals surface area contributed by atoms with E-state index in [1.54, 1.807) is 30.3 Å². The third kappa shape index (κ3) is 3.62. The van der Waals surface area contributed by atoms with Gasteiger partial charge in [0.25, 0.3) is 11.7 Å². The minimum absolute atomic E-state index is 0.0614. The Morgan fingerprint density at radius 3 is 2.39 bits per heavy atom. The van der Waals surface area contributed by atoms with Gasteiger partial charge in [-0.15, -0.1) is 11.3 Å². The quantitative estimate of drug-likeness (QED) is 0.315. The van der Waals surface area contributed by atoms with Crippen LogP contribution in [0.25, 0.3) is 5.76 Å². The van der Waals surface area contributed by atoms with Gasteiger partial charge in [0.15, 0.2) is 0 Å². The summed E-state index contributed by atoms with van der Waals surface area (Å²) in [7, 11) is 1.50. The second-order valence-corrected chi connectivity index (χ2v) is 8.68. The van der Waals surface area contributed by atoms with Crippen molar-refractivity contribution in [2.45, 2.75) is 19.9 Å². The highest BCUT2D eigenvalue weighted by atomic mass is 35.5. The molecule has 0 saturated carbocycles. The third-order valence-electron chi connectivity index (χ3n) is 5.33. The molecule has 1 N–H and O–H groups in total. The zero-order valence-corrected chi connectivity index (χ0v) is 18.8. The van der Waals surface area contributed by atoms with Crippen molar-refractivity contribution in [3.05, 3.63) is 86.1 Å². The van der Waals surface area contributed by atoms with Gasteiger partial charge in [0.1, 0.15) is 17.6 Å². The number of Topliss-reactive ketones (excluding diaryl/α,β-unsaturated/α-hetero) is 1. The second-order valence-electron chi connectivity index (χ2n) is 7.32. The molecule has 1 aliphatic rings. The average Bonchev–Trinajstić information content (AvgIpc) is 3.28. The van der Waals surface area contributed by atoms with E-state index in [2.05, 4.69) is 0 Å². The van der Waals surface area contributed by atoms with Gasteiger partial charge >= 0.3 is 0 Å². The van der Waals surface area contributed by atoms with Gasteiger partial charge in [0, 0.05) is 16.1 Å². The Hall–Kier alpha value is -3.09. The Bertz CT molecular complexity index is 1210. The van der Waals surface area contributed by atoms with E-state index in [0.717, 1.165) is 16.0 Å². The molecule has 1 saturated heterocycles. The van der Waals surface area contributed by atoms with Crippen LogP contribution in [0.2, 0.25) is 5.02 Å². The predicted molar refractivity (Wildman–Crippen MR) is 123 cm³/mol. The summed E-state index contributed by atoms with van der Waals surface area (Å²) in [6, 6.07) is 13.2. The van der Waals surface area contributed by atoms with Gasteiger partial charge in [-0.1, -0.05) is 41.4 Å². The number of methoxy groups -OCH3 is 1. The predicted octanol–water partition coefficient (Wildman–Crippen LogP) is 5.65. The number of rotatable bonds is 4. The Morgan fingerprint density at radius 2 is 1.81 bits per heavy atom. The smallest absolute Gasteiger partial charge is 0.300 e. The lowest BCUT2D eigenvalue weighted by molar-refractivity contribution is -0.132. The number of aliphatic hydroxyl groups excluding tert-OH is 1. The van der Waals surface area contributed by atoms with Crippen molar-refractivity contribution in [3.8, 4) is 5.75 Å². The summed E-state index contributed by atoms with van der Waals surface area (Å²) >= 11 is 7.73. The normalized spacial score (nSPS) is 17.9. The minimum atomic E-state index is -0.759. The molecule has 1 amide bonds. The molecule has 7 heteroatoms. The van der Waals surface area contributed by atoms with Crippen molar-refractivity contribution < 1.29 is 19.4 Å². The molecule has 4 rings (SSSR count). The number of aryl methyl sites for hydroxylation is 2. The van der Waals surface area contributed by atoms with Gasteiger partial charge < -0.3 is 9.84 Å². The zero-order chi connectivity index (χ0) is 22.3. The lowest BCUT2D eigenvalue weighted by Gasteiger charge is -2.25. The van der Waals surface area contributed by atoms with E-state index in [4.69, 9.17) is 16.3 Å². The highest BCUT2D eigenvalue weighted by Crippen LogP contribution is 2.45. The maximum absolute atomic E-state index is 13.2. The number of thiophene rings is 1. The van der Waals surface area contributed by atoms with Crippen LogP contribution in [0.5, 0.6) is 5.75 Å². The number of anilines is 1. The Balaban J connectivity index is 1.94. The van der Waals surface area contributed by atoms with Gasteiger partial charge in [0.05, 0.1) is 17.7 Å². The van der Waals surface area contributed by atoms with Crippen LogP contribution in [0, 0.1) is 13.8 Å². The first kappa shape index (κ1) is 21.2. The average molecular weight is 454 g/mol. The minimum Gasteiger partial charge on any atom is -0.507 e. The molecule has 0 spiro atoms. The summed E-state index contributed by atoms with van der Waals surface area (Å²) < 4.78 is 5.21. The third-order valence-corrected chi connectivity index (χ3v) is 6.70. The molecule has 1 unspecified atom stereocenters. The van der Waals surface area contributed by atoms with E-state index in [1.165, 1.54) is 23.3 Å². The maximum Gasteiger partial charge on any atom is 0.300 e. The van der Waals surface area contributed by atoms with Crippen molar-refractivity contribution in [2.24, 2.45) is 0 Å². The Kier molecular flexibility index (Phi) is 5.60. The first-order valence-corrected chi connectivity index (χ1v) is 10.8. The number of amides is 1. The number of ether oxygens (including phenoxy) is 1. The summed E-state index contributed by atoms with van der Waals surface area (Å²) in [5.41, 5.74) is 2.95. The molecule has 0 bridgehead atoms. The lowest BCUT2D eigenvalue weighted by atomic mass is 9.98. The first-order chi connectivity index (χ1) is 14.8. The molecule has 1 aliphatic heterocycles. The molecule has 31 heavy (non-hydrogen) atoms. The number of carbonyl (C=O) groups is 2. The van der Waals surface area contributed by atoms with Crippen LogP contribution >= 0.6 is 22.9 Å². The van der Waals surface area contributed by atoms with E-state index in [-0.39, 0.29) is 11.3 Å². The van der Waals surface area contributed by atoms with Gasteiger partial charge in [-0.25, -0.2) is 0 Å². The lowest BCUT2D eigenvalue weighted by Crippen LogP contribution is -2.29. The molecule has 1 atom stereocenters. The highest BCUT2D eigenvalue weighted by Gasteiger charge is 2.48. The van der Waals surface area contributed by atoms with Crippen molar-refractivity contribution in [2.75, 3.05) is 12.0 Å². The molecular formula is C24H20ClNO4S. The molecule has 2 heterocycles. The fourth-order valence-corrected chi connectivity index (χ4v) is 4.96. The van der Waals surface area contributed by atoms with Crippen molar-refractivity contribution in [1.29, 1.82) is 0 Å². The standard InChI is InChI=1S/C24H20ClNO4S/c1-13-4-6-15(7-5-13)21(27)19-20(23-14(2)10-11-31-23)26(24(29)22(19)28)16-8-9-18(30-3)17(25)12-16/h4-12,20,27H,1-3H3/b21-19-. The van der Waals surface area contributed by atoms with E-state index in [0.29, 0.717) is 22.0 Å². The van der Waals surface area contributed by atoms with E-state index in [9.17, 15) is 14.7 Å². The molecule has 1 aromatic heterocycles. The van der Waals surface area contributed by atoms with Crippen molar-refractivity contribution in [1.82, 2.24) is 0 Å². The Morgan fingerprint density at radius 1 is 1.10 bits per heavy atom. The molecular weight excluding hydrogens is 434 g/mol. The molecule has 1 fully saturated rings. The monoisotopic (exact) mass is 453 g/mol. The SMILES string of the molecule is COc1ccc(N2C(=O)C(=O)/C(=C(\O)c3ccc(C)cc3)C2c2sccc2C)cc1Cl. The topological polar surface area (TPSA) is 66.8 Å². The number of carbonyl (C=O) groups excluding carboxylic acids is 2. The van der Waals surface area contributed by atoms with E-state index in [1.807, 2.05) is 37.4 Å². The summed E-state index contributed by atoms with van der Waals surface area (Å²) in [6.45, 7) is 3.85. The summed E-state index contributed by atoms with van der Waals surface area (Å²) in [4.78, 5) is 28.5. The first-order valence-electron chi connectivity index (χ1n) is 9.59. The maximum atomic E-state index is 13.2. The molecule has 5 nitrogen and oxygen atoms in total. The number of benzene rings is 2. The van der Waals surface area contributed by atoms with Crippen LogP contribution in [-0.2, 0) is 9.59 Å². The van der Waals surface area contributed by atoms with Crippen LogP contribution in [0.15, 0.2) is 59.5 Å². The van der Waals surface area contributed by atoms with Gasteiger partial charge in [-0.3, -0.25) is 14.5 Å². The molecule has 0 aliphatic carbocycles. The Labute approximate surface area is 189 Å². The number of nitrogens with zero attached hydrogens (tertiary/aromatic N) is 1. The fraction of sp³-hybridized carbons (Fsp3) is 0.167. The summed E-state index contributed by atoms with van der Waals surface area (Å²) in [5.74, 6) is -1.18. The van der Waals surface area contributed by atoms with Crippen LogP contribution in [0.3, 0.4) is 0 Å². The van der Waals surface area contributed by atoms with Crippen molar-refractivity contribution >= 4 is 46.1 Å². The van der Waals surface area contributed by atoms with E-state index < -0.39 is 17.7 Å².